The molecule has 138 valence electrons. The van der Waals surface area contributed by atoms with E-state index in [-0.39, 0.29) is 11.9 Å². The first-order valence-electron chi connectivity index (χ1n) is 9.30. The molecule has 0 bridgehead atoms. The van der Waals surface area contributed by atoms with E-state index >= 15 is 0 Å². The standard InChI is InChI=1S/C23H24N2O2/c24-14-13-19-7-4-8-20(15-19)17-25-21(10-12-23(25)27)9-11-22(26)16-18-5-2-1-3-6-18/h1-9,11,15,21-22,26H,10,12-13,16-17H2/t21-,22?/m0/s1. The van der Waals surface area contributed by atoms with Gasteiger partial charge in [0.1, 0.15) is 0 Å². The van der Waals surface area contributed by atoms with Crippen LogP contribution in [0.4, 0.5) is 0 Å². The van der Waals surface area contributed by atoms with Gasteiger partial charge in [0.05, 0.1) is 24.6 Å². The summed E-state index contributed by atoms with van der Waals surface area (Å²) in [6.07, 6.45) is 5.43. The average molecular weight is 360 g/mol. The highest BCUT2D eigenvalue weighted by Crippen LogP contribution is 2.23. The van der Waals surface area contributed by atoms with E-state index in [1.165, 1.54) is 0 Å². The highest BCUT2D eigenvalue weighted by Gasteiger charge is 2.29. The van der Waals surface area contributed by atoms with Crippen LogP contribution in [-0.2, 0) is 24.2 Å². The summed E-state index contributed by atoms with van der Waals surface area (Å²) in [6, 6.07) is 19.9. The minimum atomic E-state index is -0.566. The van der Waals surface area contributed by atoms with Gasteiger partial charge in [-0.15, -0.1) is 0 Å². The number of nitriles is 1. The molecule has 1 heterocycles. The molecule has 0 saturated carbocycles. The maximum Gasteiger partial charge on any atom is 0.223 e. The van der Waals surface area contributed by atoms with Crippen molar-refractivity contribution in [2.75, 3.05) is 0 Å². The molecule has 0 spiro atoms. The van der Waals surface area contributed by atoms with Crippen LogP contribution in [0.1, 0.15) is 29.5 Å². The zero-order valence-electron chi connectivity index (χ0n) is 15.3. The fourth-order valence-electron chi connectivity index (χ4n) is 3.47. The lowest BCUT2D eigenvalue weighted by atomic mass is 10.1. The van der Waals surface area contributed by atoms with Crippen molar-refractivity contribution in [3.63, 3.8) is 0 Å². The second-order valence-corrected chi connectivity index (χ2v) is 6.92. The van der Waals surface area contributed by atoms with E-state index in [1.54, 1.807) is 6.08 Å². The Morgan fingerprint density at radius 3 is 2.67 bits per heavy atom. The van der Waals surface area contributed by atoms with Crippen molar-refractivity contribution in [3.8, 4) is 6.07 Å². The Labute approximate surface area is 160 Å². The van der Waals surface area contributed by atoms with Gasteiger partial charge < -0.3 is 10.0 Å². The second-order valence-electron chi connectivity index (χ2n) is 6.92. The minimum absolute atomic E-state index is 0.00236. The summed E-state index contributed by atoms with van der Waals surface area (Å²) in [5.41, 5.74) is 3.08. The van der Waals surface area contributed by atoms with Crippen molar-refractivity contribution < 1.29 is 9.90 Å². The number of hydrogen-bond acceptors (Lipinski definition) is 3. The van der Waals surface area contributed by atoms with Crippen LogP contribution in [0.5, 0.6) is 0 Å². The summed E-state index contributed by atoms with van der Waals surface area (Å²) >= 11 is 0. The predicted molar refractivity (Wildman–Crippen MR) is 105 cm³/mol. The first-order chi connectivity index (χ1) is 13.2. The van der Waals surface area contributed by atoms with Gasteiger partial charge in [0.15, 0.2) is 0 Å². The van der Waals surface area contributed by atoms with Crippen LogP contribution in [-0.4, -0.2) is 28.1 Å². The van der Waals surface area contributed by atoms with Crippen LogP contribution in [0.2, 0.25) is 0 Å². The van der Waals surface area contributed by atoms with Gasteiger partial charge in [-0.3, -0.25) is 4.79 Å². The molecule has 27 heavy (non-hydrogen) atoms. The van der Waals surface area contributed by atoms with Gasteiger partial charge in [-0.25, -0.2) is 0 Å². The van der Waals surface area contributed by atoms with E-state index < -0.39 is 6.10 Å². The number of likely N-dealkylation sites (tertiary alicyclic amines) is 1. The van der Waals surface area contributed by atoms with Gasteiger partial charge in [0.2, 0.25) is 5.91 Å². The van der Waals surface area contributed by atoms with E-state index in [9.17, 15) is 9.90 Å². The van der Waals surface area contributed by atoms with E-state index in [2.05, 4.69) is 6.07 Å². The number of benzene rings is 2. The van der Waals surface area contributed by atoms with Crippen LogP contribution in [0, 0.1) is 11.3 Å². The minimum Gasteiger partial charge on any atom is -0.389 e. The zero-order chi connectivity index (χ0) is 19.1. The number of carbonyl (C=O) groups is 1. The Morgan fingerprint density at radius 1 is 1.15 bits per heavy atom. The first-order valence-corrected chi connectivity index (χ1v) is 9.30. The quantitative estimate of drug-likeness (QED) is 0.770. The molecule has 1 fully saturated rings. The molecular formula is C23H24N2O2. The third kappa shape index (κ3) is 5.29. The third-order valence-electron chi connectivity index (χ3n) is 4.85. The summed E-state index contributed by atoms with van der Waals surface area (Å²) < 4.78 is 0. The second kappa shape index (κ2) is 9.16. The fourth-order valence-corrected chi connectivity index (χ4v) is 3.47. The summed E-state index contributed by atoms with van der Waals surface area (Å²) in [7, 11) is 0. The number of hydrogen-bond donors (Lipinski definition) is 1. The summed E-state index contributed by atoms with van der Waals surface area (Å²) in [5.74, 6) is 0.132. The topological polar surface area (TPSA) is 64.3 Å². The normalized spacial score (nSPS) is 18.0. The molecule has 0 aliphatic carbocycles. The molecule has 0 aromatic heterocycles. The SMILES string of the molecule is N#CCc1cccc(CN2C(=O)CC[C@@H]2C=CC(O)Cc2ccccc2)c1. The molecule has 4 nitrogen and oxygen atoms in total. The highest BCUT2D eigenvalue weighted by molar-refractivity contribution is 5.79. The fraction of sp³-hybridized carbons (Fsp3) is 0.304. The Kier molecular flexibility index (Phi) is 6.40. The Hall–Kier alpha value is -2.90. The molecule has 1 amide bonds. The molecule has 0 radical (unpaired) electrons. The summed E-state index contributed by atoms with van der Waals surface area (Å²) in [6.45, 7) is 0.530. The van der Waals surface area contributed by atoms with Gasteiger partial charge >= 0.3 is 0 Å². The average Bonchev–Trinajstić information content (AvgIpc) is 3.01. The molecular weight excluding hydrogens is 336 g/mol. The third-order valence-corrected chi connectivity index (χ3v) is 4.85. The molecule has 1 unspecified atom stereocenters. The predicted octanol–water partition coefficient (Wildman–Crippen LogP) is 3.40. The van der Waals surface area contributed by atoms with E-state index in [0.717, 1.165) is 23.1 Å². The van der Waals surface area contributed by atoms with Crippen molar-refractivity contribution >= 4 is 5.91 Å². The lowest BCUT2D eigenvalue weighted by Crippen LogP contribution is -2.31. The van der Waals surface area contributed by atoms with E-state index in [1.807, 2.05) is 65.6 Å². The smallest absolute Gasteiger partial charge is 0.223 e. The molecule has 2 aromatic rings. The van der Waals surface area contributed by atoms with Crippen molar-refractivity contribution in [1.82, 2.24) is 4.90 Å². The first kappa shape index (κ1) is 18.9. The largest absolute Gasteiger partial charge is 0.389 e. The molecule has 1 saturated heterocycles. The molecule has 3 rings (SSSR count). The zero-order valence-corrected chi connectivity index (χ0v) is 15.3. The van der Waals surface area contributed by atoms with Crippen LogP contribution >= 0.6 is 0 Å². The number of aliphatic hydroxyl groups excluding tert-OH is 1. The van der Waals surface area contributed by atoms with Gasteiger partial charge in [-0.2, -0.15) is 5.26 Å². The molecule has 1 aliphatic heterocycles. The monoisotopic (exact) mass is 360 g/mol. The number of amides is 1. The summed E-state index contributed by atoms with van der Waals surface area (Å²) in [5, 5.41) is 19.1. The Morgan fingerprint density at radius 2 is 1.89 bits per heavy atom. The number of aliphatic hydroxyl groups is 1. The number of rotatable bonds is 7. The van der Waals surface area contributed by atoms with Crippen molar-refractivity contribution in [2.24, 2.45) is 0 Å². The van der Waals surface area contributed by atoms with Gasteiger partial charge in [-0.05, 0) is 23.1 Å². The van der Waals surface area contributed by atoms with E-state index in [0.29, 0.717) is 25.8 Å². The highest BCUT2D eigenvalue weighted by atomic mass is 16.3. The van der Waals surface area contributed by atoms with Crippen molar-refractivity contribution in [2.45, 2.75) is 44.4 Å². The Bertz CT molecular complexity index is 839. The molecule has 4 heteroatoms. The van der Waals surface area contributed by atoms with E-state index in [4.69, 9.17) is 5.26 Å². The summed E-state index contributed by atoms with van der Waals surface area (Å²) in [4.78, 5) is 14.2. The van der Waals surface area contributed by atoms with Crippen molar-refractivity contribution in [3.05, 3.63) is 83.4 Å². The molecule has 2 aromatic carbocycles. The van der Waals surface area contributed by atoms with Crippen LogP contribution in [0.25, 0.3) is 0 Å². The lowest BCUT2D eigenvalue weighted by Gasteiger charge is -2.23. The van der Waals surface area contributed by atoms with Crippen LogP contribution in [0.3, 0.4) is 0 Å². The maximum absolute atomic E-state index is 12.3. The van der Waals surface area contributed by atoms with Crippen LogP contribution in [0.15, 0.2) is 66.7 Å². The van der Waals surface area contributed by atoms with Crippen molar-refractivity contribution in [1.29, 1.82) is 5.26 Å². The molecule has 2 atom stereocenters. The van der Waals surface area contributed by atoms with Gasteiger partial charge in [0, 0.05) is 19.4 Å². The molecule has 1 N–H and O–H groups in total. The number of carbonyl (C=O) groups excluding carboxylic acids is 1. The van der Waals surface area contributed by atoms with Gasteiger partial charge in [0.25, 0.3) is 0 Å². The number of nitrogens with zero attached hydrogens (tertiary/aromatic N) is 2. The molecule has 1 aliphatic rings. The van der Waals surface area contributed by atoms with Crippen LogP contribution < -0.4 is 0 Å². The maximum atomic E-state index is 12.3. The Balaban J connectivity index is 1.63. The van der Waals surface area contributed by atoms with Gasteiger partial charge in [-0.1, -0.05) is 66.7 Å². The lowest BCUT2D eigenvalue weighted by molar-refractivity contribution is -0.129.